The summed E-state index contributed by atoms with van der Waals surface area (Å²) < 4.78 is 34.7. The largest absolute Gasteiger partial charge is 0.493 e. The van der Waals surface area contributed by atoms with Gasteiger partial charge >= 0.3 is 5.97 Å². The number of hydrogen-bond acceptors (Lipinski definition) is 2. The summed E-state index contributed by atoms with van der Waals surface area (Å²) in [6.07, 6.45) is 2.10. The van der Waals surface area contributed by atoms with Gasteiger partial charge in [-0.05, 0) is 48.0 Å². The summed E-state index contributed by atoms with van der Waals surface area (Å²) in [6, 6.07) is 15.6. The van der Waals surface area contributed by atoms with Gasteiger partial charge in [0.2, 0.25) is 0 Å². The standard InChI is InChI=1S/C24H18ClF2NO3/c25-17-5-7-23(31-11-9-15-4-6-18(26)13-21(15)27)16(12-17)14-28-10-8-19-20(24(29)30)2-1-3-22(19)28/h1-8,10,12-13H,9,11,14H2,(H,29,30). The molecule has 0 fully saturated rings. The number of benzene rings is 3. The Morgan fingerprint density at radius 1 is 1.03 bits per heavy atom. The zero-order chi connectivity index (χ0) is 22.0. The minimum absolute atomic E-state index is 0.201. The summed E-state index contributed by atoms with van der Waals surface area (Å²) >= 11 is 6.18. The lowest BCUT2D eigenvalue weighted by Gasteiger charge is -2.14. The number of halogens is 3. The van der Waals surface area contributed by atoms with E-state index in [9.17, 15) is 18.7 Å². The van der Waals surface area contributed by atoms with Gasteiger partial charge in [0.15, 0.2) is 0 Å². The highest BCUT2D eigenvalue weighted by Gasteiger charge is 2.13. The molecule has 0 aliphatic rings. The second-order valence-electron chi connectivity index (χ2n) is 7.07. The minimum Gasteiger partial charge on any atom is -0.493 e. The van der Waals surface area contributed by atoms with Crippen molar-refractivity contribution in [1.29, 1.82) is 0 Å². The van der Waals surface area contributed by atoms with Crippen LogP contribution in [0.5, 0.6) is 5.75 Å². The van der Waals surface area contributed by atoms with E-state index in [0.29, 0.717) is 28.3 Å². The maximum atomic E-state index is 13.8. The molecule has 1 N–H and O–H groups in total. The third-order valence-electron chi connectivity index (χ3n) is 5.05. The maximum absolute atomic E-state index is 13.8. The van der Waals surface area contributed by atoms with Crippen molar-refractivity contribution in [2.45, 2.75) is 13.0 Å². The highest BCUT2D eigenvalue weighted by Crippen LogP contribution is 2.27. The van der Waals surface area contributed by atoms with Crippen LogP contribution >= 0.6 is 11.6 Å². The number of fused-ring (bicyclic) bond motifs is 1. The van der Waals surface area contributed by atoms with Crippen molar-refractivity contribution in [3.63, 3.8) is 0 Å². The molecule has 0 atom stereocenters. The molecule has 0 aliphatic heterocycles. The average Bonchev–Trinajstić information content (AvgIpc) is 3.14. The Morgan fingerprint density at radius 3 is 2.65 bits per heavy atom. The fourth-order valence-electron chi connectivity index (χ4n) is 3.54. The molecule has 0 bridgehead atoms. The summed E-state index contributed by atoms with van der Waals surface area (Å²) in [6.45, 7) is 0.611. The molecule has 0 unspecified atom stereocenters. The Bertz CT molecular complexity index is 1270. The quantitative estimate of drug-likeness (QED) is 0.386. The van der Waals surface area contributed by atoms with Gasteiger partial charge in [-0.1, -0.05) is 23.7 Å². The first kappa shape index (κ1) is 20.9. The number of hydrogen-bond donors (Lipinski definition) is 1. The smallest absolute Gasteiger partial charge is 0.336 e. The molecule has 1 heterocycles. The molecule has 158 valence electrons. The molecule has 4 aromatic rings. The fraction of sp³-hybridized carbons (Fsp3) is 0.125. The monoisotopic (exact) mass is 441 g/mol. The summed E-state index contributed by atoms with van der Waals surface area (Å²) in [7, 11) is 0. The predicted octanol–water partition coefficient (Wildman–Crippen LogP) is 5.94. The number of nitrogens with zero attached hydrogens (tertiary/aromatic N) is 1. The fourth-order valence-corrected chi connectivity index (χ4v) is 3.73. The van der Waals surface area contributed by atoms with Crippen molar-refractivity contribution in [3.8, 4) is 5.75 Å². The molecule has 4 nitrogen and oxygen atoms in total. The van der Waals surface area contributed by atoms with Gasteiger partial charge in [0.1, 0.15) is 17.4 Å². The molecule has 0 saturated heterocycles. The molecule has 0 spiro atoms. The maximum Gasteiger partial charge on any atom is 0.336 e. The molecular weight excluding hydrogens is 424 g/mol. The van der Waals surface area contributed by atoms with Crippen LogP contribution in [-0.4, -0.2) is 22.2 Å². The minimum atomic E-state index is -0.983. The van der Waals surface area contributed by atoms with Crippen LogP contribution in [0.25, 0.3) is 10.9 Å². The number of carboxylic acids is 1. The van der Waals surface area contributed by atoms with Crippen LogP contribution in [0.1, 0.15) is 21.5 Å². The van der Waals surface area contributed by atoms with E-state index in [-0.39, 0.29) is 18.6 Å². The summed E-state index contributed by atoms with van der Waals surface area (Å²) in [5.74, 6) is -1.62. The first-order chi connectivity index (χ1) is 14.9. The zero-order valence-electron chi connectivity index (χ0n) is 16.3. The van der Waals surface area contributed by atoms with Gasteiger partial charge in [0.25, 0.3) is 0 Å². The molecule has 0 amide bonds. The lowest BCUT2D eigenvalue weighted by Crippen LogP contribution is -2.07. The second kappa shape index (κ2) is 8.78. The van der Waals surface area contributed by atoms with Gasteiger partial charge in [-0.2, -0.15) is 0 Å². The van der Waals surface area contributed by atoms with E-state index in [1.165, 1.54) is 12.1 Å². The molecule has 4 rings (SSSR count). The lowest BCUT2D eigenvalue weighted by molar-refractivity contribution is 0.0699. The van der Waals surface area contributed by atoms with Gasteiger partial charge in [0.05, 0.1) is 18.7 Å². The Hall–Kier alpha value is -3.38. The van der Waals surface area contributed by atoms with Crippen LogP contribution in [0.15, 0.2) is 66.9 Å². The van der Waals surface area contributed by atoms with Gasteiger partial charge in [-0.25, -0.2) is 13.6 Å². The highest BCUT2D eigenvalue weighted by molar-refractivity contribution is 6.30. The average molecular weight is 442 g/mol. The van der Waals surface area contributed by atoms with E-state index in [1.807, 2.05) is 16.8 Å². The first-order valence-electron chi connectivity index (χ1n) is 9.58. The van der Waals surface area contributed by atoms with Crippen LogP contribution in [0.4, 0.5) is 8.78 Å². The van der Waals surface area contributed by atoms with Crippen molar-refractivity contribution in [2.75, 3.05) is 6.61 Å². The van der Waals surface area contributed by atoms with Crippen molar-refractivity contribution < 1.29 is 23.4 Å². The Labute approximate surface area is 182 Å². The number of aromatic nitrogens is 1. The zero-order valence-corrected chi connectivity index (χ0v) is 17.1. The normalized spacial score (nSPS) is 11.1. The molecule has 0 aliphatic carbocycles. The first-order valence-corrected chi connectivity index (χ1v) is 9.96. The van der Waals surface area contributed by atoms with Crippen molar-refractivity contribution >= 4 is 28.5 Å². The Balaban J connectivity index is 1.56. The van der Waals surface area contributed by atoms with E-state index in [1.54, 1.807) is 36.4 Å². The molecule has 7 heteroatoms. The summed E-state index contributed by atoms with van der Waals surface area (Å²) in [4.78, 5) is 11.5. The number of carboxylic acid groups (broad SMARTS) is 1. The Kier molecular flexibility index (Phi) is 5.91. The van der Waals surface area contributed by atoms with Crippen LogP contribution in [0.2, 0.25) is 5.02 Å². The molecule has 0 saturated carbocycles. The Morgan fingerprint density at radius 2 is 1.87 bits per heavy atom. The van der Waals surface area contributed by atoms with Gasteiger partial charge in [-0.3, -0.25) is 0 Å². The van der Waals surface area contributed by atoms with Crippen LogP contribution in [0, 0.1) is 11.6 Å². The van der Waals surface area contributed by atoms with E-state index < -0.39 is 17.6 Å². The van der Waals surface area contributed by atoms with E-state index in [2.05, 4.69) is 0 Å². The van der Waals surface area contributed by atoms with Crippen molar-refractivity contribution in [1.82, 2.24) is 4.57 Å². The SMILES string of the molecule is O=C(O)c1cccc2c1ccn2Cc1cc(Cl)ccc1OCCc1ccc(F)cc1F. The van der Waals surface area contributed by atoms with Crippen LogP contribution in [0.3, 0.4) is 0 Å². The lowest BCUT2D eigenvalue weighted by atomic mass is 10.1. The second-order valence-corrected chi connectivity index (χ2v) is 7.51. The van der Waals surface area contributed by atoms with Gasteiger partial charge < -0.3 is 14.4 Å². The van der Waals surface area contributed by atoms with E-state index in [0.717, 1.165) is 17.1 Å². The molecular formula is C24H18ClF2NO3. The van der Waals surface area contributed by atoms with E-state index in [4.69, 9.17) is 16.3 Å². The predicted molar refractivity (Wildman–Crippen MR) is 115 cm³/mol. The van der Waals surface area contributed by atoms with Crippen LogP contribution in [-0.2, 0) is 13.0 Å². The van der Waals surface area contributed by atoms with Gasteiger partial charge in [0, 0.05) is 40.2 Å². The summed E-state index contributed by atoms with van der Waals surface area (Å²) in [5, 5.41) is 10.6. The van der Waals surface area contributed by atoms with Crippen LogP contribution < -0.4 is 4.74 Å². The molecule has 3 aromatic carbocycles. The number of aromatic carboxylic acids is 1. The van der Waals surface area contributed by atoms with Crippen molar-refractivity contribution in [2.24, 2.45) is 0 Å². The topological polar surface area (TPSA) is 51.5 Å². The molecule has 1 aromatic heterocycles. The van der Waals surface area contributed by atoms with Gasteiger partial charge in [-0.15, -0.1) is 0 Å². The third-order valence-corrected chi connectivity index (χ3v) is 5.29. The van der Waals surface area contributed by atoms with E-state index >= 15 is 0 Å². The number of ether oxygens (including phenoxy) is 1. The third kappa shape index (κ3) is 4.54. The number of rotatable bonds is 7. The summed E-state index contributed by atoms with van der Waals surface area (Å²) in [5.41, 5.74) is 2.18. The molecule has 0 radical (unpaired) electrons. The van der Waals surface area contributed by atoms with Crippen molar-refractivity contribution in [3.05, 3.63) is 100 Å². The number of carbonyl (C=O) groups is 1. The highest BCUT2D eigenvalue weighted by atomic mass is 35.5. The molecule has 31 heavy (non-hydrogen) atoms.